The second-order valence-corrected chi connectivity index (χ2v) is 4.89. The summed E-state index contributed by atoms with van der Waals surface area (Å²) in [6.45, 7) is 2.75. The Bertz CT molecular complexity index is 626. The maximum atomic E-state index is 12.1. The first-order chi connectivity index (χ1) is 8.79. The Morgan fingerprint density at radius 1 is 1.39 bits per heavy atom. The van der Waals surface area contributed by atoms with Crippen molar-refractivity contribution < 1.29 is 4.74 Å². The number of pyridine rings is 1. The normalized spacial score (nSPS) is 14.9. The Kier molecular flexibility index (Phi) is 2.82. The highest BCUT2D eigenvalue weighted by Crippen LogP contribution is 2.39. The van der Waals surface area contributed by atoms with Crippen LogP contribution in [0, 0.1) is 0 Å². The lowest BCUT2D eigenvalue weighted by molar-refractivity contribution is 0.320. The number of rotatable bonds is 4. The predicted octanol–water partition coefficient (Wildman–Crippen LogP) is 3.19. The molecule has 0 saturated heterocycles. The molecule has 1 N–H and O–H groups in total. The summed E-state index contributed by atoms with van der Waals surface area (Å²) < 4.78 is 5.71. The molecule has 1 aromatic heterocycles. The van der Waals surface area contributed by atoms with Crippen molar-refractivity contribution in [2.24, 2.45) is 0 Å². The standard InChI is InChI=1S/C15H17NO2/c1-2-8-18-14-5-3-4-11-13(17)9-12(10-6-7-10)16-15(11)14/h3-5,9-10H,2,6-8H2,1H3,(H,16,17). The van der Waals surface area contributed by atoms with Gasteiger partial charge in [-0.2, -0.15) is 0 Å². The number of aromatic nitrogens is 1. The smallest absolute Gasteiger partial charge is 0.189 e. The first kappa shape index (κ1) is 11.3. The first-order valence-corrected chi connectivity index (χ1v) is 6.58. The third-order valence-corrected chi connectivity index (χ3v) is 3.33. The minimum atomic E-state index is 0.0904. The molecule has 0 bridgehead atoms. The summed E-state index contributed by atoms with van der Waals surface area (Å²) in [4.78, 5) is 15.5. The number of H-pyrrole nitrogens is 1. The summed E-state index contributed by atoms with van der Waals surface area (Å²) >= 11 is 0. The van der Waals surface area contributed by atoms with Crippen molar-refractivity contribution >= 4 is 10.9 Å². The summed E-state index contributed by atoms with van der Waals surface area (Å²) in [6.07, 6.45) is 3.32. The van der Waals surface area contributed by atoms with Gasteiger partial charge >= 0.3 is 0 Å². The molecule has 0 aliphatic heterocycles. The van der Waals surface area contributed by atoms with Crippen LogP contribution in [0.15, 0.2) is 29.1 Å². The van der Waals surface area contributed by atoms with E-state index in [1.807, 2.05) is 18.2 Å². The first-order valence-electron chi connectivity index (χ1n) is 6.58. The monoisotopic (exact) mass is 243 g/mol. The Morgan fingerprint density at radius 3 is 2.94 bits per heavy atom. The largest absolute Gasteiger partial charge is 0.491 e. The lowest BCUT2D eigenvalue weighted by Gasteiger charge is -2.09. The molecule has 3 heteroatoms. The van der Waals surface area contributed by atoms with E-state index in [-0.39, 0.29) is 5.43 Å². The molecule has 2 aromatic rings. The molecular weight excluding hydrogens is 226 g/mol. The fraction of sp³-hybridized carbons (Fsp3) is 0.400. The van der Waals surface area contributed by atoms with Crippen LogP contribution >= 0.6 is 0 Å². The topological polar surface area (TPSA) is 42.1 Å². The Morgan fingerprint density at radius 2 is 2.22 bits per heavy atom. The number of ether oxygens (including phenoxy) is 1. The van der Waals surface area contributed by atoms with Crippen molar-refractivity contribution in [1.29, 1.82) is 0 Å². The van der Waals surface area contributed by atoms with Crippen LogP contribution < -0.4 is 10.2 Å². The van der Waals surface area contributed by atoms with Gasteiger partial charge in [-0.1, -0.05) is 13.0 Å². The van der Waals surface area contributed by atoms with E-state index >= 15 is 0 Å². The van der Waals surface area contributed by atoms with Gasteiger partial charge in [0, 0.05) is 17.1 Å². The molecule has 1 aliphatic rings. The highest BCUT2D eigenvalue weighted by molar-refractivity contribution is 5.84. The molecule has 3 nitrogen and oxygen atoms in total. The quantitative estimate of drug-likeness (QED) is 0.896. The number of aromatic amines is 1. The maximum absolute atomic E-state index is 12.1. The number of fused-ring (bicyclic) bond motifs is 1. The van der Waals surface area contributed by atoms with Crippen molar-refractivity contribution in [2.45, 2.75) is 32.1 Å². The van der Waals surface area contributed by atoms with Crippen molar-refractivity contribution in [3.8, 4) is 5.75 Å². The second kappa shape index (κ2) is 4.48. The Balaban J connectivity index is 2.14. The van der Waals surface area contributed by atoms with Gasteiger partial charge in [0.15, 0.2) is 5.43 Å². The van der Waals surface area contributed by atoms with E-state index in [1.165, 1.54) is 12.8 Å². The summed E-state index contributed by atoms with van der Waals surface area (Å²) in [6, 6.07) is 7.39. The highest BCUT2D eigenvalue weighted by Gasteiger charge is 2.25. The third-order valence-electron chi connectivity index (χ3n) is 3.33. The van der Waals surface area contributed by atoms with E-state index in [0.717, 1.165) is 23.4 Å². The molecule has 1 fully saturated rings. The lowest BCUT2D eigenvalue weighted by atomic mass is 10.1. The van der Waals surface area contributed by atoms with Gasteiger partial charge < -0.3 is 9.72 Å². The van der Waals surface area contributed by atoms with Crippen molar-refractivity contribution in [1.82, 2.24) is 4.98 Å². The number of hydrogen-bond donors (Lipinski definition) is 1. The molecule has 1 aliphatic carbocycles. The van der Waals surface area contributed by atoms with E-state index in [0.29, 0.717) is 17.9 Å². The van der Waals surface area contributed by atoms with E-state index in [2.05, 4.69) is 11.9 Å². The van der Waals surface area contributed by atoms with Crippen LogP contribution in [-0.4, -0.2) is 11.6 Å². The number of nitrogens with one attached hydrogen (secondary N) is 1. The third kappa shape index (κ3) is 2.01. The van der Waals surface area contributed by atoms with Crippen LogP contribution in [0.3, 0.4) is 0 Å². The van der Waals surface area contributed by atoms with Crippen molar-refractivity contribution in [2.75, 3.05) is 6.61 Å². The zero-order valence-electron chi connectivity index (χ0n) is 10.5. The average Bonchev–Trinajstić information content (AvgIpc) is 3.20. The van der Waals surface area contributed by atoms with Crippen LogP contribution in [-0.2, 0) is 0 Å². The van der Waals surface area contributed by atoms with Gasteiger partial charge in [-0.25, -0.2) is 0 Å². The van der Waals surface area contributed by atoms with Gasteiger partial charge in [0.25, 0.3) is 0 Å². The lowest BCUT2D eigenvalue weighted by Crippen LogP contribution is -2.06. The molecule has 0 spiro atoms. The van der Waals surface area contributed by atoms with Crippen LogP contribution in [0.4, 0.5) is 0 Å². The molecule has 1 saturated carbocycles. The van der Waals surface area contributed by atoms with Gasteiger partial charge in [0.05, 0.1) is 12.1 Å². The number of para-hydroxylation sites is 1. The van der Waals surface area contributed by atoms with E-state index in [1.54, 1.807) is 6.07 Å². The minimum absolute atomic E-state index is 0.0904. The van der Waals surface area contributed by atoms with Crippen LogP contribution in [0.5, 0.6) is 5.75 Å². The molecule has 1 aromatic carbocycles. The van der Waals surface area contributed by atoms with Crippen LogP contribution in [0.2, 0.25) is 0 Å². The maximum Gasteiger partial charge on any atom is 0.189 e. The van der Waals surface area contributed by atoms with E-state index in [9.17, 15) is 4.79 Å². The van der Waals surface area contributed by atoms with Gasteiger partial charge in [-0.3, -0.25) is 4.79 Å². The number of benzene rings is 1. The average molecular weight is 243 g/mol. The van der Waals surface area contributed by atoms with Gasteiger partial charge in [-0.05, 0) is 37.3 Å². The van der Waals surface area contributed by atoms with Gasteiger partial charge in [0.1, 0.15) is 5.75 Å². The minimum Gasteiger partial charge on any atom is -0.491 e. The van der Waals surface area contributed by atoms with E-state index < -0.39 is 0 Å². The Hall–Kier alpha value is -1.77. The van der Waals surface area contributed by atoms with Crippen LogP contribution in [0.25, 0.3) is 10.9 Å². The fourth-order valence-corrected chi connectivity index (χ4v) is 2.21. The van der Waals surface area contributed by atoms with Crippen molar-refractivity contribution in [3.63, 3.8) is 0 Å². The molecule has 3 rings (SSSR count). The summed E-state index contributed by atoms with van der Waals surface area (Å²) in [5.74, 6) is 1.33. The molecular formula is C15H17NO2. The molecule has 18 heavy (non-hydrogen) atoms. The zero-order chi connectivity index (χ0) is 12.5. The summed E-state index contributed by atoms with van der Waals surface area (Å²) in [5.41, 5.74) is 1.99. The summed E-state index contributed by atoms with van der Waals surface area (Å²) in [7, 11) is 0. The highest BCUT2D eigenvalue weighted by atomic mass is 16.5. The SMILES string of the molecule is CCCOc1cccc2c(=O)cc(C3CC3)[nH]c12. The molecule has 0 radical (unpaired) electrons. The predicted molar refractivity (Wildman–Crippen MR) is 72.3 cm³/mol. The molecule has 94 valence electrons. The second-order valence-electron chi connectivity index (χ2n) is 4.89. The molecule has 1 heterocycles. The fourth-order valence-electron chi connectivity index (χ4n) is 2.21. The van der Waals surface area contributed by atoms with Gasteiger partial charge in [-0.15, -0.1) is 0 Å². The zero-order valence-corrected chi connectivity index (χ0v) is 10.5. The number of hydrogen-bond acceptors (Lipinski definition) is 2. The van der Waals surface area contributed by atoms with Crippen LogP contribution in [0.1, 0.15) is 37.8 Å². The summed E-state index contributed by atoms with van der Waals surface area (Å²) in [5, 5.41) is 0.716. The van der Waals surface area contributed by atoms with Crippen molar-refractivity contribution in [3.05, 3.63) is 40.2 Å². The molecule has 0 atom stereocenters. The van der Waals surface area contributed by atoms with Gasteiger partial charge in [0.2, 0.25) is 0 Å². The Labute approximate surface area is 106 Å². The molecule has 0 amide bonds. The molecule has 0 unspecified atom stereocenters. The van der Waals surface area contributed by atoms with E-state index in [4.69, 9.17) is 4.74 Å².